The van der Waals surface area contributed by atoms with Crippen LogP contribution in [0.5, 0.6) is 5.75 Å². The highest BCUT2D eigenvalue weighted by molar-refractivity contribution is 7.90. The molecule has 5 aromatic rings. The van der Waals surface area contributed by atoms with Crippen LogP contribution in [0.15, 0.2) is 90.2 Å². The minimum atomic E-state index is -3.37. The SMILES string of the molecule is CS(=O)(=O)c1ccccc1-c1ccc(-c2ncc3ncn(-c4cccc(CN)c4)c3c2O)cc1. The Morgan fingerprint density at radius 3 is 2.41 bits per heavy atom. The number of nitrogens with zero attached hydrogens (tertiary/aromatic N) is 3. The Kier molecular flexibility index (Phi) is 5.39. The van der Waals surface area contributed by atoms with Crippen LogP contribution >= 0.6 is 0 Å². The molecule has 0 saturated carbocycles. The van der Waals surface area contributed by atoms with Gasteiger partial charge in [-0.2, -0.15) is 0 Å². The minimum Gasteiger partial charge on any atom is -0.504 e. The lowest BCUT2D eigenvalue weighted by Gasteiger charge is -2.11. The number of imidazole rings is 1. The second-order valence-electron chi connectivity index (χ2n) is 8.02. The first-order valence-electron chi connectivity index (χ1n) is 10.6. The molecule has 8 heteroatoms. The van der Waals surface area contributed by atoms with Crippen LogP contribution in [0.3, 0.4) is 0 Å². The third-order valence-electron chi connectivity index (χ3n) is 5.74. The van der Waals surface area contributed by atoms with Gasteiger partial charge in [-0.05, 0) is 29.3 Å². The Labute approximate surface area is 197 Å². The fourth-order valence-electron chi connectivity index (χ4n) is 4.07. The zero-order valence-corrected chi connectivity index (χ0v) is 19.2. The van der Waals surface area contributed by atoms with E-state index in [-0.39, 0.29) is 10.6 Å². The van der Waals surface area contributed by atoms with Crippen molar-refractivity contribution < 1.29 is 13.5 Å². The Bertz CT molecular complexity index is 1620. The molecule has 2 aromatic heterocycles. The van der Waals surface area contributed by atoms with Gasteiger partial charge in [0.1, 0.15) is 23.1 Å². The summed E-state index contributed by atoms with van der Waals surface area (Å²) in [7, 11) is -3.37. The van der Waals surface area contributed by atoms with Crippen LogP contribution in [-0.4, -0.2) is 34.3 Å². The Morgan fingerprint density at radius 2 is 1.68 bits per heavy atom. The van der Waals surface area contributed by atoms with Gasteiger partial charge in [0.25, 0.3) is 0 Å². The van der Waals surface area contributed by atoms with Crippen LogP contribution in [0.4, 0.5) is 0 Å². The average Bonchev–Trinajstić information content (AvgIpc) is 3.29. The maximum absolute atomic E-state index is 12.2. The largest absolute Gasteiger partial charge is 0.504 e. The molecule has 0 unspecified atom stereocenters. The number of nitrogens with two attached hydrogens (primary N) is 1. The summed E-state index contributed by atoms with van der Waals surface area (Å²) in [4.78, 5) is 9.09. The van der Waals surface area contributed by atoms with Crippen molar-refractivity contribution in [3.05, 3.63) is 90.9 Å². The number of fused-ring (bicyclic) bond motifs is 1. The van der Waals surface area contributed by atoms with Gasteiger partial charge in [-0.15, -0.1) is 0 Å². The molecule has 0 bridgehead atoms. The number of sulfone groups is 1. The number of hydrogen-bond acceptors (Lipinski definition) is 6. The van der Waals surface area contributed by atoms with Gasteiger partial charge in [0.15, 0.2) is 15.6 Å². The molecule has 34 heavy (non-hydrogen) atoms. The lowest BCUT2D eigenvalue weighted by Crippen LogP contribution is -1.99. The molecule has 0 amide bonds. The van der Waals surface area contributed by atoms with E-state index in [0.717, 1.165) is 16.8 Å². The van der Waals surface area contributed by atoms with E-state index >= 15 is 0 Å². The molecule has 0 radical (unpaired) electrons. The van der Waals surface area contributed by atoms with E-state index in [4.69, 9.17) is 5.73 Å². The smallest absolute Gasteiger partial charge is 0.176 e. The van der Waals surface area contributed by atoms with Gasteiger partial charge in [0.2, 0.25) is 0 Å². The monoisotopic (exact) mass is 470 g/mol. The van der Waals surface area contributed by atoms with E-state index < -0.39 is 9.84 Å². The molecule has 3 N–H and O–H groups in total. The first kappa shape index (κ1) is 21.8. The average molecular weight is 471 g/mol. The summed E-state index contributed by atoms with van der Waals surface area (Å²) in [5, 5.41) is 11.2. The molecule has 5 rings (SSSR count). The fraction of sp³-hybridized carbons (Fsp3) is 0.0769. The highest BCUT2D eigenvalue weighted by atomic mass is 32.2. The number of benzene rings is 3. The summed E-state index contributed by atoms with van der Waals surface area (Å²) < 4.78 is 26.2. The third-order valence-corrected chi connectivity index (χ3v) is 6.90. The van der Waals surface area contributed by atoms with Crippen molar-refractivity contribution in [2.75, 3.05) is 6.26 Å². The molecular weight excluding hydrogens is 448 g/mol. The molecule has 0 atom stereocenters. The van der Waals surface area contributed by atoms with Gasteiger partial charge in [-0.1, -0.05) is 54.6 Å². The van der Waals surface area contributed by atoms with Crippen LogP contribution in [0.2, 0.25) is 0 Å². The normalized spacial score (nSPS) is 11.7. The second-order valence-corrected chi connectivity index (χ2v) is 10.0. The Balaban J connectivity index is 1.59. The van der Waals surface area contributed by atoms with Gasteiger partial charge < -0.3 is 10.8 Å². The Hall–Kier alpha value is -4.01. The molecule has 7 nitrogen and oxygen atoms in total. The highest BCUT2D eigenvalue weighted by Crippen LogP contribution is 2.36. The minimum absolute atomic E-state index is 0.0115. The fourth-order valence-corrected chi connectivity index (χ4v) is 4.98. The number of hydrogen-bond donors (Lipinski definition) is 2. The first-order valence-corrected chi connectivity index (χ1v) is 12.5. The summed E-state index contributed by atoms with van der Waals surface area (Å²) >= 11 is 0. The standard InChI is InChI=1S/C26H22N4O3S/c1-34(32,33)23-8-3-2-7-21(23)18-9-11-19(12-10-18)24-26(31)25-22(15-28-24)29-16-30(25)20-6-4-5-17(13-20)14-27/h2-13,15-16,31H,14,27H2,1H3. The van der Waals surface area contributed by atoms with Crippen molar-refractivity contribution in [2.24, 2.45) is 5.73 Å². The van der Waals surface area contributed by atoms with Crippen LogP contribution < -0.4 is 5.73 Å². The molecule has 0 fully saturated rings. The van der Waals surface area contributed by atoms with Crippen molar-refractivity contribution >= 4 is 20.9 Å². The third kappa shape index (κ3) is 3.83. The lowest BCUT2D eigenvalue weighted by molar-refractivity contribution is 0.479. The van der Waals surface area contributed by atoms with E-state index in [9.17, 15) is 13.5 Å². The molecule has 0 saturated heterocycles. The molecule has 0 aliphatic rings. The number of pyridine rings is 1. The lowest BCUT2D eigenvalue weighted by atomic mass is 10.0. The number of rotatable bonds is 5. The van der Waals surface area contributed by atoms with E-state index in [0.29, 0.717) is 34.4 Å². The molecule has 0 aliphatic carbocycles. The van der Waals surface area contributed by atoms with Gasteiger partial charge in [0, 0.05) is 29.6 Å². The maximum Gasteiger partial charge on any atom is 0.176 e. The molecular formula is C26H22N4O3S. The maximum atomic E-state index is 12.2. The first-order chi connectivity index (χ1) is 16.4. The van der Waals surface area contributed by atoms with Gasteiger partial charge in [0.05, 0.1) is 11.1 Å². The van der Waals surface area contributed by atoms with Gasteiger partial charge >= 0.3 is 0 Å². The van der Waals surface area contributed by atoms with Crippen molar-refractivity contribution in [1.29, 1.82) is 0 Å². The van der Waals surface area contributed by atoms with Crippen LogP contribution in [0.1, 0.15) is 5.56 Å². The molecule has 0 aliphatic heterocycles. The molecule has 2 heterocycles. The zero-order valence-electron chi connectivity index (χ0n) is 18.4. The predicted molar refractivity (Wildman–Crippen MR) is 132 cm³/mol. The summed E-state index contributed by atoms with van der Waals surface area (Å²) in [6, 6.07) is 21.9. The highest BCUT2D eigenvalue weighted by Gasteiger charge is 2.17. The number of aromatic hydroxyl groups is 1. The van der Waals surface area contributed by atoms with Gasteiger partial charge in [-0.3, -0.25) is 4.57 Å². The predicted octanol–water partition coefficient (Wildman–Crippen LogP) is 4.32. The van der Waals surface area contributed by atoms with Crippen LogP contribution in [-0.2, 0) is 16.4 Å². The molecule has 3 aromatic carbocycles. The number of aromatic nitrogens is 3. The second kappa shape index (κ2) is 8.40. The van der Waals surface area contributed by atoms with Crippen molar-refractivity contribution in [3.63, 3.8) is 0 Å². The van der Waals surface area contributed by atoms with Crippen molar-refractivity contribution in [2.45, 2.75) is 11.4 Å². The summed E-state index contributed by atoms with van der Waals surface area (Å²) in [6.07, 6.45) is 4.47. The van der Waals surface area contributed by atoms with E-state index in [1.54, 1.807) is 36.8 Å². The topological polar surface area (TPSA) is 111 Å². The summed E-state index contributed by atoms with van der Waals surface area (Å²) in [5.74, 6) is 0.0115. The van der Waals surface area contributed by atoms with Gasteiger partial charge in [-0.25, -0.2) is 18.4 Å². The van der Waals surface area contributed by atoms with Crippen LogP contribution in [0, 0.1) is 0 Å². The Morgan fingerprint density at radius 1 is 0.941 bits per heavy atom. The van der Waals surface area contributed by atoms with Crippen LogP contribution in [0.25, 0.3) is 39.1 Å². The quantitative estimate of drug-likeness (QED) is 0.396. The summed E-state index contributed by atoms with van der Waals surface area (Å²) in [6.45, 7) is 0.411. The molecule has 170 valence electrons. The van der Waals surface area contributed by atoms with Crippen molar-refractivity contribution in [3.8, 4) is 33.8 Å². The van der Waals surface area contributed by atoms with E-state index in [1.807, 2.05) is 53.1 Å². The van der Waals surface area contributed by atoms with Crippen molar-refractivity contribution in [1.82, 2.24) is 14.5 Å². The summed E-state index contributed by atoms with van der Waals surface area (Å²) in [5.41, 5.74) is 11.2. The van der Waals surface area contributed by atoms with E-state index in [2.05, 4.69) is 9.97 Å². The molecule has 0 spiro atoms. The zero-order chi connectivity index (χ0) is 23.9. The van der Waals surface area contributed by atoms with E-state index in [1.165, 1.54) is 6.26 Å².